The van der Waals surface area contributed by atoms with Gasteiger partial charge >= 0.3 is 0 Å². The Balaban J connectivity index is 1.73. The second-order valence-corrected chi connectivity index (χ2v) is 6.87. The van der Waals surface area contributed by atoms with Gasteiger partial charge in [0.15, 0.2) is 0 Å². The molecule has 1 saturated carbocycles. The smallest absolute Gasteiger partial charge is 0.254 e. The Morgan fingerprint density at radius 3 is 2.83 bits per heavy atom. The average molecular weight is 320 g/mol. The fourth-order valence-corrected chi connectivity index (χ4v) is 3.11. The lowest BCUT2D eigenvalue weighted by Gasteiger charge is -2.34. The van der Waals surface area contributed by atoms with Crippen LogP contribution in [-0.4, -0.2) is 61.6 Å². The molecular weight excluding hydrogens is 295 g/mol. The molecule has 1 aromatic rings. The molecule has 1 aliphatic heterocycles. The number of halogens is 1. The molecule has 2 aliphatic rings. The van der Waals surface area contributed by atoms with Crippen molar-refractivity contribution in [3.05, 3.63) is 35.1 Å². The lowest BCUT2D eigenvalue weighted by molar-refractivity contribution is -0.0331. The zero-order chi connectivity index (χ0) is 16.4. The van der Waals surface area contributed by atoms with Gasteiger partial charge in [-0.05, 0) is 56.5 Å². The number of benzene rings is 1. The van der Waals surface area contributed by atoms with E-state index >= 15 is 0 Å². The number of rotatable bonds is 5. The molecule has 1 amide bonds. The van der Waals surface area contributed by atoms with Crippen molar-refractivity contribution >= 4 is 5.91 Å². The molecule has 0 N–H and O–H groups in total. The Morgan fingerprint density at radius 1 is 1.39 bits per heavy atom. The molecule has 0 radical (unpaired) electrons. The van der Waals surface area contributed by atoms with Crippen molar-refractivity contribution < 1.29 is 13.9 Å². The predicted octanol–water partition coefficient (Wildman–Crippen LogP) is 2.32. The SMILES string of the molecule is Cc1cc(F)ccc1C(=O)N(CC1CC1)C[C@@H]1CN(C)CCO1. The van der Waals surface area contributed by atoms with Crippen LogP contribution in [0.25, 0.3) is 0 Å². The summed E-state index contributed by atoms with van der Waals surface area (Å²) >= 11 is 0. The second kappa shape index (κ2) is 6.97. The number of carbonyl (C=O) groups is 1. The number of morpholine rings is 1. The van der Waals surface area contributed by atoms with Gasteiger partial charge < -0.3 is 14.5 Å². The summed E-state index contributed by atoms with van der Waals surface area (Å²) in [4.78, 5) is 17.1. The van der Waals surface area contributed by atoms with Crippen molar-refractivity contribution in [3.8, 4) is 0 Å². The maximum Gasteiger partial charge on any atom is 0.254 e. The molecule has 23 heavy (non-hydrogen) atoms. The number of hydrogen-bond donors (Lipinski definition) is 0. The van der Waals surface area contributed by atoms with Gasteiger partial charge in [0.25, 0.3) is 5.91 Å². The van der Waals surface area contributed by atoms with Gasteiger partial charge in [-0.3, -0.25) is 4.79 Å². The van der Waals surface area contributed by atoms with Crippen LogP contribution in [0.15, 0.2) is 18.2 Å². The molecule has 1 heterocycles. The molecule has 126 valence electrons. The normalized spacial score (nSPS) is 22.1. The van der Waals surface area contributed by atoms with Gasteiger partial charge in [0.1, 0.15) is 5.82 Å². The summed E-state index contributed by atoms with van der Waals surface area (Å²) in [5.41, 5.74) is 1.29. The zero-order valence-corrected chi connectivity index (χ0v) is 13.9. The first-order chi connectivity index (χ1) is 11.0. The van der Waals surface area contributed by atoms with E-state index in [2.05, 4.69) is 11.9 Å². The van der Waals surface area contributed by atoms with Crippen LogP contribution < -0.4 is 0 Å². The second-order valence-electron chi connectivity index (χ2n) is 6.87. The minimum atomic E-state index is -0.301. The van der Waals surface area contributed by atoms with Crippen LogP contribution in [-0.2, 0) is 4.74 Å². The quantitative estimate of drug-likeness (QED) is 0.835. The first kappa shape index (κ1) is 16.4. The number of likely N-dealkylation sites (N-methyl/N-ethyl adjacent to an activating group) is 1. The molecule has 1 saturated heterocycles. The van der Waals surface area contributed by atoms with Gasteiger partial charge in [-0.15, -0.1) is 0 Å². The van der Waals surface area contributed by atoms with Gasteiger partial charge in [0.2, 0.25) is 0 Å². The standard InChI is InChI=1S/C18H25FN2O2/c1-13-9-15(19)5-6-17(13)18(22)21(10-14-3-4-14)12-16-11-20(2)7-8-23-16/h5-6,9,14,16H,3-4,7-8,10-12H2,1-2H3/t16-/m0/s1. The molecular formula is C18H25FN2O2. The minimum absolute atomic E-state index is 0.00812. The van der Waals surface area contributed by atoms with Crippen molar-refractivity contribution in [1.29, 1.82) is 0 Å². The first-order valence-electron chi connectivity index (χ1n) is 8.38. The van der Waals surface area contributed by atoms with Crippen LogP contribution in [0.4, 0.5) is 4.39 Å². The van der Waals surface area contributed by atoms with E-state index in [-0.39, 0.29) is 17.8 Å². The number of hydrogen-bond acceptors (Lipinski definition) is 3. The highest BCUT2D eigenvalue weighted by Crippen LogP contribution is 2.30. The first-order valence-corrected chi connectivity index (χ1v) is 8.38. The van der Waals surface area contributed by atoms with Crippen molar-refractivity contribution in [3.63, 3.8) is 0 Å². The van der Waals surface area contributed by atoms with Gasteiger partial charge in [-0.2, -0.15) is 0 Å². The number of amides is 1. The molecule has 0 aromatic heterocycles. The van der Waals surface area contributed by atoms with E-state index in [1.807, 2.05) is 4.90 Å². The van der Waals surface area contributed by atoms with Crippen LogP contribution in [0.1, 0.15) is 28.8 Å². The molecule has 1 aromatic carbocycles. The highest BCUT2D eigenvalue weighted by molar-refractivity contribution is 5.95. The topological polar surface area (TPSA) is 32.8 Å². The molecule has 0 spiro atoms. The van der Waals surface area contributed by atoms with E-state index < -0.39 is 0 Å². The predicted molar refractivity (Wildman–Crippen MR) is 87.0 cm³/mol. The lowest BCUT2D eigenvalue weighted by Crippen LogP contribution is -2.48. The van der Waals surface area contributed by atoms with E-state index in [0.29, 0.717) is 30.2 Å². The third-order valence-electron chi connectivity index (χ3n) is 4.65. The van der Waals surface area contributed by atoms with Gasteiger partial charge in [-0.1, -0.05) is 0 Å². The average Bonchev–Trinajstić information content (AvgIpc) is 3.30. The van der Waals surface area contributed by atoms with Crippen molar-refractivity contribution in [1.82, 2.24) is 9.80 Å². The van der Waals surface area contributed by atoms with E-state index in [4.69, 9.17) is 4.74 Å². The van der Waals surface area contributed by atoms with Crippen molar-refractivity contribution in [2.75, 3.05) is 39.8 Å². The summed E-state index contributed by atoms with van der Waals surface area (Å²) in [6.07, 6.45) is 2.44. The van der Waals surface area contributed by atoms with Gasteiger partial charge in [-0.25, -0.2) is 4.39 Å². The van der Waals surface area contributed by atoms with Gasteiger partial charge in [0.05, 0.1) is 12.7 Å². The van der Waals surface area contributed by atoms with E-state index in [1.165, 1.54) is 25.0 Å². The minimum Gasteiger partial charge on any atom is -0.374 e. The number of ether oxygens (including phenoxy) is 1. The van der Waals surface area contributed by atoms with Crippen LogP contribution in [0, 0.1) is 18.7 Å². The Bertz CT molecular complexity index is 574. The third-order valence-corrected chi connectivity index (χ3v) is 4.65. The fourth-order valence-electron chi connectivity index (χ4n) is 3.11. The highest BCUT2D eigenvalue weighted by Gasteiger charge is 2.30. The summed E-state index contributed by atoms with van der Waals surface area (Å²) < 4.78 is 19.1. The summed E-state index contributed by atoms with van der Waals surface area (Å²) in [6, 6.07) is 4.38. The zero-order valence-electron chi connectivity index (χ0n) is 13.9. The Kier molecular flexibility index (Phi) is 4.97. The van der Waals surface area contributed by atoms with Crippen LogP contribution >= 0.6 is 0 Å². The van der Waals surface area contributed by atoms with Crippen LogP contribution in [0.3, 0.4) is 0 Å². The van der Waals surface area contributed by atoms with Crippen molar-refractivity contribution in [2.45, 2.75) is 25.9 Å². The van der Waals surface area contributed by atoms with E-state index in [1.54, 1.807) is 13.0 Å². The Morgan fingerprint density at radius 2 is 2.17 bits per heavy atom. The summed E-state index contributed by atoms with van der Waals surface area (Å²) in [5.74, 6) is 0.303. The van der Waals surface area contributed by atoms with Crippen molar-refractivity contribution in [2.24, 2.45) is 5.92 Å². The summed E-state index contributed by atoms with van der Waals surface area (Å²) in [6.45, 7) is 5.66. The highest BCUT2D eigenvalue weighted by atomic mass is 19.1. The monoisotopic (exact) mass is 320 g/mol. The Labute approximate surface area is 137 Å². The maximum atomic E-state index is 13.3. The molecule has 2 fully saturated rings. The molecule has 5 heteroatoms. The van der Waals surface area contributed by atoms with E-state index in [9.17, 15) is 9.18 Å². The summed E-state index contributed by atoms with van der Waals surface area (Å²) in [5, 5.41) is 0. The molecule has 0 unspecified atom stereocenters. The molecule has 3 rings (SSSR count). The maximum absolute atomic E-state index is 13.3. The van der Waals surface area contributed by atoms with Gasteiger partial charge in [0, 0.05) is 31.7 Å². The number of carbonyl (C=O) groups excluding carboxylic acids is 1. The fraction of sp³-hybridized carbons (Fsp3) is 0.611. The Hall–Kier alpha value is -1.46. The lowest BCUT2D eigenvalue weighted by atomic mass is 10.1. The van der Waals surface area contributed by atoms with E-state index in [0.717, 1.165) is 19.6 Å². The molecule has 0 bridgehead atoms. The van der Waals surface area contributed by atoms with Crippen LogP contribution in [0.2, 0.25) is 0 Å². The molecule has 1 aliphatic carbocycles. The number of nitrogens with zero attached hydrogens (tertiary/aromatic N) is 2. The molecule has 4 nitrogen and oxygen atoms in total. The third kappa shape index (κ3) is 4.30. The largest absolute Gasteiger partial charge is 0.374 e. The molecule has 1 atom stereocenters. The van der Waals surface area contributed by atoms with Crippen LogP contribution in [0.5, 0.6) is 0 Å². The number of aryl methyl sites for hydroxylation is 1. The summed E-state index contributed by atoms with van der Waals surface area (Å²) in [7, 11) is 2.08.